The van der Waals surface area contributed by atoms with E-state index in [1.165, 1.54) is 0 Å². The van der Waals surface area contributed by atoms with Gasteiger partial charge in [0, 0.05) is 26.2 Å². The van der Waals surface area contributed by atoms with E-state index >= 15 is 0 Å². The lowest BCUT2D eigenvalue weighted by Crippen LogP contribution is -2.58. The predicted octanol–water partition coefficient (Wildman–Crippen LogP) is -0.838. The highest BCUT2D eigenvalue weighted by Crippen LogP contribution is 2.10. The summed E-state index contributed by atoms with van der Waals surface area (Å²) in [5.41, 5.74) is 15.7. The highest BCUT2D eigenvalue weighted by molar-refractivity contribution is 5.77. The maximum atomic E-state index is 11.9. The Labute approximate surface area is 145 Å². The monoisotopic (exact) mass is 347 g/mol. The first-order chi connectivity index (χ1) is 11.6. The van der Waals surface area contributed by atoms with Crippen molar-refractivity contribution < 1.29 is 19.0 Å². The van der Waals surface area contributed by atoms with E-state index in [1.807, 2.05) is 0 Å². The standard InChI is InChI=1S/C16H35N4O4/c1-2-15(21)20-16(12-22-9-3-6-17,13-23-10-4-7-18)14-24-11-5-8-19/h1-14,17-19H2,(H,20,21). The average Bonchev–Trinajstić information content (AvgIpc) is 2.59. The molecule has 0 aliphatic heterocycles. The number of ether oxygens (including phenoxy) is 3. The maximum Gasteiger partial charge on any atom is 0.220 e. The molecule has 24 heavy (non-hydrogen) atoms. The summed E-state index contributed by atoms with van der Waals surface area (Å²) in [6, 6.07) is 0. The van der Waals surface area contributed by atoms with E-state index in [9.17, 15) is 4.79 Å². The van der Waals surface area contributed by atoms with Crippen LogP contribution in [0.25, 0.3) is 0 Å². The van der Waals surface area contributed by atoms with Gasteiger partial charge in [-0.05, 0) is 45.8 Å². The summed E-state index contributed by atoms with van der Waals surface area (Å²) < 4.78 is 17.0. The second kappa shape index (κ2) is 15.7. The van der Waals surface area contributed by atoms with Crippen LogP contribution in [0.1, 0.15) is 25.7 Å². The van der Waals surface area contributed by atoms with Crippen molar-refractivity contribution in [3.63, 3.8) is 0 Å². The van der Waals surface area contributed by atoms with Gasteiger partial charge in [-0.15, -0.1) is 0 Å². The van der Waals surface area contributed by atoms with Gasteiger partial charge in [0.15, 0.2) is 0 Å². The zero-order valence-electron chi connectivity index (χ0n) is 14.8. The Morgan fingerprint density at radius 1 is 0.833 bits per heavy atom. The van der Waals surface area contributed by atoms with Crippen molar-refractivity contribution in [2.75, 3.05) is 59.3 Å². The molecule has 0 saturated heterocycles. The van der Waals surface area contributed by atoms with Crippen molar-refractivity contribution in [2.45, 2.75) is 31.2 Å². The van der Waals surface area contributed by atoms with Crippen LogP contribution in [0.4, 0.5) is 0 Å². The minimum Gasteiger partial charge on any atom is -0.379 e. The number of rotatable bonds is 17. The zero-order valence-corrected chi connectivity index (χ0v) is 14.8. The normalized spacial score (nSPS) is 11.7. The fraction of sp³-hybridized carbons (Fsp3) is 0.875. The van der Waals surface area contributed by atoms with Crippen LogP contribution in [-0.4, -0.2) is 70.7 Å². The Bertz CT molecular complexity index is 275. The van der Waals surface area contributed by atoms with Gasteiger partial charge in [-0.2, -0.15) is 0 Å². The third-order valence-corrected chi connectivity index (χ3v) is 3.25. The quantitative estimate of drug-likeness (QED) is 0.252. The van der Waals surface area contributed by atoms with Crippen molar-refractivity contribution in [2.24, 2.45) is 17.2 Å². The van der Waals surface area contributed by atoms with Gasteiger partial charge >= 0.3 is 0 Å². The van der Waals surface area contributed by atoms with E-state index in [4.69, 9.17) is 31.4 Å². The lowest BCUT2D eigenvalue weighted by Gasteiger charge is -2.34. The molecule has 8 nitrogen and oxygen atoms in total. The molecule has 0 saturated carbocycles. The lowest BCUT2D eigenvalue weighted by molar-refractivity contribution is -0.126. The summed E-state index contributed by atoms with van der Waals surface area (Å²) in [6.07, 6.45) is 2.39. The molecule has 8 heteroatoms. The molecule has 7 N–H and O–H groups in total. The van der Waals surface area contributed by atoms with Crippen molar-refractivity contribution >= 4 is 5.91 Å². The fourth-order valence-electron chi connectivity index (χ4n) is 1.95. The van der Waals surface area contributed by atoms with Crippen LogP contribution in [0.5, 0.6) is 0 Å². The van der Waals surface area contributed by atoms with Crippen molar-refractivity contribution in [1.29, 1.82) is 0 Å². The molecule has 1 amide bonds. The molecule has 0 aromatic heterocycles. The van der Waals surface area contributed by atoms with Crippen LogP contribution in [0.2, 0.25) is 0 Å². The van der Waals surface area contributed by atoms with Gasteiger partial charge in [-0.25, -0.2) is 0 Å². The zero-order chi connectivity index (χ0) is 18.1. The molecule has 0 aliphatic rings. The Morgan fingerprint density at radius 2 is 1.21 bits per heavy atom. The number of hydrogen-bond donors (Lipinski definition) is 4. The number of carbonyl (C=O) groups excluding carboxylic acids is 1. The van der Waals surface area contributed by atoms with Gasteiger partial charge in [0.1, 0.15) is 5.54 Å². The molecular formula is C16H35N4O4. The highest BCUT2D eigenvalue weighted by Gasteiger charge is 2.33. The first-order valence-electron chi connectivity index (χ1n) is 8.58. The van der Waals surface area contributed by atoms with Gasteiger partial charge in [-0.1, -0.05) is 0 Å². The molecule has 0 fully saturated rings. The number of amides is 1. The molecule has 0 atom stereocenters. The number of carbonyl (C=O) groups is 1. The third kappa shape index (κ3) is 11.7. The summed E-state index contributed by atoms with van der Waals surface area (Å²) in [7, 11) is 0. The minimum absolute atomic E-state index is 0.135. The predicted molar refractivity (Wildman–Crippen MR) is 94.3 cm³/mol. The molecule has 143 valence electrons. The second-order valence-electron chi connectivity index (χ2n) is 5.66. The molecule has 0 bridgehead atoms. The summed E-state index contributed by atoms with van der Waals surface area (Å²) in [5.74, 6) is -0.178. The minimum atomic E-state index is -0.757. The lowest BCUT2D eigenvalue weighted by atomic mass is 10.0. The maximum absolute atomic E-state index is 11.9. The van der Waals surface area contributed by atoms with Crippen LogP contribution in [0.15, 0.2) is 0 Å². The summed E-state index contributed by atoms with van der Waals surface area (Å²) >= 11 is 0. The molecule has 0 heterocycles. The van der Waals surface area contributed by atoms with E-state index < -0.39 is 5.54 Å². The van der Waals surface area contributed by atoms with Gasteiger partial charge in [-0.3, -0.25) is 4.79 Å². The van der Waals surface area contributed by atoms with Gasteiger partial charge in [0.05, 0.1) is 19.8 Å². The topological polar surface area (TPSA) is 135 Å². The fourth-order valence-corrected chi connectivity index (χ4v) is 1.95. The van der Waals surface area contributed by atoms with E-state index in [1.54, 1.807) is 0 Å². The van der Waals surface area contributed by atoms with Crippen LogP contribution >= 0.6 is 0 Å². The molecule has 0 unspecified atom stereocenters. The van der Waals surface area contributed by atoms with Crippen LogP contribution in [-0.2, 0) is 19.0 Å². The smallest absolute Gasteiger partial charge is 0.220 e. The summed E-state index contributed by atoms with van der Waals surface area (Å²) in [5, 5.41) is 2.94. The largest absolute Gasteiger partial charge is 0.379 e. The Kier molecular flexibility index (Phi) is 15.2. The SMILES string of the molecule is [CH2]CC(=O)NC(COCCCN)(COCCCN)COCCCN. The summed E-state index contributed by atoms with van der Waals surface area (Å²) in [4.78, 5) is 11.9. The van der Waals surface area contributed by atoms with E-state index in [2.05, 4.69) is 12.2 Å². The molecule has 0 aromatic rings. The Balaban J connectivity index is 4.74. The van der Waals surface area contributed by atoms with E-state index in [0.717, 1.165) is 19.3 Å². The highest BCUT2D eigenvalue weighted by atomic mass is 16.5. The third-order valence-electron chi connectivity index (χ3n) is 3.25. The van der Waals surface area contributed by atoms with Crippen LogP contribution in [0, 0.1) is 6.92 Å². The molecule has 0 spiro atoms. The molecule has 0 aromatic carbocycles. The molecule has 0 aliphatic carbocycles. The first-order valence-corrected chi connectivity index (χ1v) is 8.58. The van der Waals surface area contributed by atoms with E-state index in [-0.39, 0.29) is 32.1 Å². The molecule has 0 rings (SSSR count). The number of hydrogen-bond acceptors (Lipinski definition) is 7. The Morgan fingerprint density at radius 3 is 1.50 bits per heavy atom. The number of nitrogens with one attached hydrogen (secondary N) is 1. The van der Waals surface area contributed by atoms with E-state index in [0.29, 0.717) is 39.5 Å². The summed E-state index contributed by atoms with van der Waals surface area (Å²) in [6.45, 7) is 7.68. The molecular weight excluding hydrogens is 312 g/mol. The van der Waals surface area contributed by atoms with Crippen molar-refractivity contribution in [3.8, 4) is 0 Å². The van der Waals surface area contributed by atoms with Gasteiger partial charge in [0.2, 0.25) is 5.91 Å². The van der Waals surface area contributed by atoms with Gasteiger partial charge in [0.25, 0.3) is 0 Å². The van der Waals surface area contributed by atoms with Crippen LogP contribution in [0.3, 0.4) is 0 Å². The Hall–Kier alpha value is -0.770. The van der Waals surface area contributed by atoms with Crippen molar-refractivity contribution in [1.82, 2.24) is 5.32 Å². The number of nitrogens with two attached hydrogens (primary N) is 3. The first kappa shape index (κ1) is 23.2. The van der Waals surface area contributed by atoms with Crippen LogP contribution < -0.4 is 22.5 Å². The van der Waals surface area contributed by atoms with Crippen molar-refractivity contribution in [3.05, 3.63) is 6.92 Å². The second-order valence-corrected chi connectivity index (χ2v) is 5.66. The average molecular weight is 347 g/mol. The molecule has 1 radical (unpaired) electrons. The van der Waals surface area contributed by atoms with Gasteiger partial charge < -0.3 is 36.7 Å².